The molecule has 150 valence electrons. The van der Waals surface area contributed by atoms with Crippen LogP contribution in [0.1, 0.15) is 16.1 Å². The number of Topliss-reactive ketones (excluding diaryl/α,β-unsaturated/α-hetero) is 1. The molecule has 0 unspecified atom stereocenters. The summed E-state index contributed by atoms with van der Waals surface area (Å²) >= 11 is 6.79. The van der Waals surface area contributed by atoms with Crippen LogP contribution in [0.5, 0.6) is 0 Å². The van der Waals surface area contributed by atoms with Crippen LogP contribution >= 0.6 is 22.9 Å². The van der Waals surface area contributed by atoms with Gasteiger partial charge < -0.3 is 9.84 Å². The Bertz CT molecular complexity index is 991. The Kier molecular flexibility index (Phi) is 6.15. The van der Waals surface area contributed by atoms with Gasteiger partial charge in [0.25, 0.3) is 0 Å². The van der Waals surface area contributed by atoms with Crippen molar-refractivity contribution in [2.24, 2.45) is 0 Å². The summed E-state index contributed by atoms with van der Waals surface area (Å²) in [7, 11) is -4.16. The van der Waals surface area contributed by atoms with E-state index in [0.717, 1.165) is 39.9 Å². The first-order valence-corrected chi connectivity index (χ1v) is 10.7. The second-order valence-electron chi connectivity index (χ2n) is 6.07. The Balaban J connectivity index is 1.73. The molecular weight excluding hydrogens is 433 g/mol. The van der Waals surface area contributed by atoms with Gasteiger partial charge in [-0.15, -0.1) is 11.3 Å². The largest absolute Gasteiger partial charge is 0.456 e. The number of aliphatic hydroxyl groups is 1. The highest BCUT2D eigenvalue weighted by atomic mass is 35.5. The number of carbonyl (C=O) groups excluding carboxylic acids is 2. The van der Waals surface area contributed by atoms with Crippen LogP contribution in [0.15, 0.2) is 41.3 Å². The topological polar surface area (TPSA) is 101 Å². The predicted molar refractivity (Wildman–Crippen MR) is 99.3 cm³/mol. The number of ketones is 1. The number of rotatable bonds is 6. The van der Waals surface area contributed by atoms with Crippen LogP contribution < -0.4 is 0 Å². The summed E-state index contributed by atoms with van der Waals surface area (Å²) in [4.78, 5) is 24.5. The molecule has 0 aliphatic carbocycles. The fourth-order valence-electron chi connectivity index (χ4n) is 2.77. The van der Waals surface area contributed by atoms with E-state index in [1.165, 1.54) is 12.1 Å². The lowest BCUT2D eigenvalue weighted by atomic mass is 10.2. The third kappa shape index (κ3) is 4.41. The van der Waals surface area contributed by atoms with Gasteiger partial charge in [-0.05, 0) is 36.4 Å². The average molecular weight is 448 g/mol. The molecule has 0 saturated carbocycles. The number of hydrogen-bond acceptors (Lipinski definition) is 7. The van der Waals surface area contributed by atoms with Crippen molar-refractivity contribution < 1.29 is 32.2 Å². The molecule has 0 amide bonds. The molecule has 1 aliphatic rings. The van der Waals surface area contributed by atoms with Gasteiger partial charge in [-0.2, -0.15) is 4.31 Å². The summed E-state index contributed by atoms with van der Waals surface area (Å²) in [5.74, 6) is -2.03. The molecule has 0 bridgehead atoms. The lowest BCUT2D eigenvalue weighted by Crippen LogP contribution is -2.41. The Morgan fingerprint density at radius 3 is 2.54 bits per heavy atom. The molecule has 0 radical (unpaired) electrons. The maximum Gasteiger partial charge on any atom is 0.325 e. The van der Waals surface area contributed by atoms with E-state index >= 15 is 0 Å². The maximum atomic E-state index is 13.1. The van der Waals surface area contributed by atoms with Gasteiger partial charge in [-0.25, -0.2) is 12.8 Å². The van der Waals surface area contributed by atoms with Crippen molar-refractivity contribution in [3.05, 3.63) is 51.4 Å². The zero-order chi connectivity index (χ0) is 20.5. The first-order chi connectivity index (χ1) is 13.2. The highest BCUT2D eigenvalue weighted by Gasteiger charge is 2.44. The van der Waals surface area contributed by atoms with Gasteiger partial charge in [0, 0.05) is 13.0 Å². The fraction of sp³-hybridized carbons (Fsp3) is 0.294. The number of thiophene rings is 1. The van der Waals surface area contributed by atoms with Gasteiger partial charge in [-0.3, -0.25) is 9.59 Å². The number of hydrogen-bond donors (Lipinski definition) is 1. The SMILES string of the molecule is O=C(COC(=O)[C@H]1C[C@H](O)CN1S(=O)(=O)c1ccc(F)cc1)c1ccc(Cl)s1. The van der Waals surface area contributed by atoms with Crippen molar-refractivity contribution in [1.29, 1.82) is 0 Å². The quantitative estimate of drug-likeness (QED) is 0.537. The van der Waals surface area contributed by atoms with Gasteiger partial charge in [0.15, 0.2) is 6.61 Å². The molecule has 2 heterocycles. The Hall–Kier alpha value is -1.85. The normalized spacial score (nSPS) is 20.2. The number of halogens is 2. The van der Waals surface area contributed by atoms with E-state index in [1.54, 1.807) is 0 Å². The number of nitrogens with zero attached hydrogens (tertiary/aromatic N) is 1. The Labute approximate surface area is 169 Å². The lowest BCUT2D eigenvalue weighted by Gasteiger charge is -2.22. The van der Waals surface area contributed by atoms with Gasteiger partial charge in [0.1, 0.15) is 11.9 Å². The molecule has 1 fully saturated rings. The van der Waals surface area contributed by atoms with Crippen molar-refractivity contribution in [1.82, 2.24) is 4.31 Å². The smallest absolute Gasteiger partial charge is 0.325 e. The minimum atomic E-state index is -4.16. The number of benzene rings is 1. The van der Waals surface area contributed by atoms with Crippen LogP contribution in [0.3, 0.4) is 0 Å². The fourth-order valence-corrected chi connectivity index (χ4v) is 5.37. The molecule has 28 heavy (non-hydrogen) atoms. The molecule has 1 aromatic carbocycles. The predicted octanol–water partition coefficient (Wildman–Crippen LogP) is 2.09. The molecule has 1 N–H and O–H groups in total. The molecule has 0 spiro atoms. The summed E-state index contributed by atoms with van der Waals surface area (Å²) in [6, 6.07) is 5.85. The third-order valence-electron chi connectivity index (χ3n) is 4.12. The Morgan fingerprint density at radius 2 is 1.93 bits per heavy atom. The van der Waals surface area contributed by atoms with E-state index < -0.39 is 46.3 Å². The van der Waals surface area contributed by atoms with Crippen LogP contribution in [0.25, 0.3) is 0 Å². The zero-order valence-corrected chi connectivity index (χ0v) is 16.6. The molecule has 2 atom stereocenters. The standard InChI is InChI=1S/C17H15ClFNO6S2/c18-16-6-5-15(27-16)14(22)9-26-17(23)13-7-11(21)8-20(13)28(24,25)12-3-1-10(19)2-4-12/h1-6,11,13,21H,7-9H2/t11-,13+/m0/s1. The number of aliphatic hydroxyl groups excluding tert-OH is 1. The van der Waals surface area contributed by atoms with Crippen molar-refractivity contribution in [3.63, 3.8) is 0 Å². The summed E-state index contributed by atoms with van der Waals surface area (Å²) in [6.45, 7) is -0.888. The number of carbonyl (C=O) groups is 2. The van der Waals surface area contributed by atoms with Gasteiger partial charge in [0.05, 0.1) is 20.2 Å². The van der Waals surface area contributed by atoms with Crippen LogP contribution in [0.2, 0.25) is 4.34 Å². The molecule has 1 aliphatic heterocycles. The van der Waals surface area contributed by atoms with E-state index in [0.29, 0.717) is 9.21 Å². The minimum absolute atomic E-state index is 0.168. The van der Waals surface area contributed by atoms with Crippen molar-refractivity contribution in [2.75, 3.05) is 13.2 Å². The van der Waals surface area contributed by atoms with E-state index in [2.05, 4.69) is 0 Å². The second kappa shape index (κ2) is 8.26. The maximum absolute atomic E-state index is 13.1. The van der Waals surface area contributed by atoms with E-state index in [1.807, 2.05) is 0 Å². The number of sulfonamides is 1. The molecule has 1 saturated heterocycles. The zero-order valence-electron chi connectivity index (χ0n) is 14.2. The second-order valence-corrected chi connectivity index (χ2v) is 9.67. The number of esters is 1. The van der Waals surface area contributed by atoms with Crippen LogP contribution in [0.4, 0.5) is 4.39 Å². The van der Waals surface area contributed by atoms with Crippen molar-refractivity contribution >= 4 is 44.7 Å². The molecule has 11 heteroatoms. The summed E-state index contributed by atoms with van der Waals surface area (Å²) in [6.07, 6.45) is -1.24. The Morgan fingerprint density at radius 1 is 1.25 bits per heavy atom. The van der Waals surface area contributed by atoms with Crippen molar-refractivity contribution in [3.8, 4) is 0 Å². The third-order valence-corrected chi connectivity index (χ3v) is 7.28. The lowest BCUT2D eigenvalue weighted by molar-refractivity contribution is -0.146. The van der Waals surface area contributed by atoms with E-state index in [-0.39, 0.29) is 17.9 Å². The van der Waals surface area contributed by atoms with Gasteiger partial charge in [0.2, 0.25) is 15.8 Å². The monoisotopic (exact) mass is 447 g/mol. The van der Waals surface area contributed by atoms with Gasteiger partial charge >= 0.3 is 5.97 Å². The van der Waals surface area contributed by atoms with E-state index in [9.17, 15) is 27.5 Å². The molecule has 7 nitrogen and oxygen atoms in total. The highest BCUT2D eigenvalue weighted by Crippen LogP contribution is 2.28. The number of β-amino-alcohol motifs (C(OH)–C–C–N with tert-alkyl or cyclic N) is 1. The number of ether oxygens (including phenoxy) is 1. The highest BCUT2D eigenvalue weighted by molar-refractivity contribution is 7.89. The van der Waals surface area contributed by atoms with Crippen LogP contribution in [-0.2, 0) is 19.6 Å². The molecule has 1 aromatic heterocycles. The van der Waals surface area contributed by atoms with Crippen LogP contribution in [-0.4, -0.2) is 54.9 Å². The molecule has 2 aromatic rings. The first-order valence-electron chi connectivity index (χ1n) is 8.09. The first kappa shape index (κ1) is 20.9. The van der Waals surface area contributed by atoms with E-state index in [4.69, 9.17) is 16.3 Å². The minimum Gasteiger partial charge on any atom is -0.456 e. The summed E-state index contributed by atoms with van der Waals surface area (Å²) < 4.78 is 44.8. The summed E-state index contributed by atoms with van der Waals surface area (Å²) in [5, 5.41) is 9.88. The summed E-state index contributed by atoms with van der Waals surface area (Å²) in [5.41, 5.74) is 0. The molecular formula is C17H15ClFNO6S2. The van der Waals surface area contributed by atoms with Gasteiger partial charge in [-0.1, -0.05) is 11.6 Å². The van der Waals surface area contributed by atoms with Crippen LogP contribution in [0, 0.1) is 5.82 Å². The molecule has 3 rings (SSSR count). The average Bonchev–Trinajstić information content (AvgIpc) is 3.26. The van der Waals surface area contributed by atoms with Crippen molar-refractivity contribution in [2.45, 2.75) is 23.5 Å².